The molecule has 0 heterocycles. The average Bonchev–Trinajstić information content (AvgIpc) is 2.77. The zero-order chi connectivity index (χ0) is 22.2. The van der Waals surface area contributed by atoms with Gasteiger partial charge in [0.25, 0.3) is 0 Å². The van der Waals surface area contributed by atoms with Gasteiger partial charge in [0, 0.05) is 12.1 Å². The van der Waals surface area contributed by atoms with Gasteiger partial charge in [0.2, 0.25) is 11.8 Å². The number of benzene rings is 3. The molecule has 3 aromatic carbocycles. The minimum atomic E-state index is -0.521. The maximum Gasteiger partial charge on any atom is 0.238 e. The third kappa shape index (κ3) is 6.13. The molecule has 0 fully saturated rings. The summed E-state index contributed by atoms with van der Waals surface area (Å²) in [5.41, 5.74) is 2.78. The van der Waals surface area contributed by atoms with E-state index in [2.05, 4.69) is 16.0 Å². The number of rotatable bonds is 6. The number of hydrogen-bond donors (Lipinski definition) is 3. The Hall–Kier alpha value is -3.22. The number of amides is 2. The molecule has 0 atom stereocenters. The third-order valence-electron chi connectivity index (χ3n) is 4.58. The summed E-state index contributed by atoms with van der Waals surface area (Å²) in [5, 5.41) is 9.00. The summed E-state index contributed by atoms with van der Waals surface area (Å²) in [6.07, 6.45) is 0.361. The van der Waals surface area contributed by atoms with Gasteiger partial charge in [-0.15, -0.1) is 0 Å². The van der Waals surface area contributed by atoms with Crippen molar-refractivity contribution in [1.82, 2.24) is 5.32 Å². The minimum Gasteiger partial charge on any atom is -0.331 e. The van der Waals surface area contributed by atoms with Crippen LogP contribution >= 0.6 is 23.8 Å². The van der Waals surface area contributed by atoms with Crippen molar-refractivity contribution < 1.29 is 9.59 Å². The normalized spacial score (nSPS) is 10.4. The van der Waals surface area contributed by atoms with Crippen LogP contribution in [0.3, 0.4) is 0 Å². The predicted molar refractivity (Wildman–Crippen MR) is 129 cm³/mol. The van der Waals surface area contributed by atoms with Crippen molar-refractivity contribution in [3.63, 3.8) is 0 Å². The molecule has 3 rings (SSSR count). The van der Waals surface area contributed by atoms with E-state index >= 15 is 0 Å². The summed E-state index contributed by atoms with van der Waals surface area (Å²) < 4.78 is 0. The van der Waals surface area contributed by atoms with E-state index in [4.69, 9.17) is 23.8 Å². The van der Waals surface area contributed by atoms with Crippen molar-refractivity contribution in [2.45, 2.75) is 19.3 Å². The van der Waals surface area contributed by atoms with Crippen LogP contribution in [0.15, 0.2) is 78.9 Å². The van der Waals surface area contributed by atoms with E-state index < -0.39 is 5.92 Å². The molecule has 0 radical (unpaired) electrons. The van der Waals surface area contributed by atoms with E-state index in [1.807, 2.05) is 60.7 Å². The quantitative estimate of drug-likeness (QED) is 0.443. The first-order valence-corrected chi connectivity index (χ1v) is 10.6. The second-order valence-electron chi connectivity index (χ2n) is 6.79. The van der Waals surface area contributed by atoms with Crippen molar-refractivity contribution in [3.8, 4) is 0 Å². The summed E-state index contributed by atoms with van der Waals surface area (Å²) in [7, 11) is 0. The molecule has 31 heavy (non-hydrogen) atoms. The number of hydrogen-bond acceptors (Lipinski definition) is 3. The highest BCUT2D eigenvalue weighted by molar-refractivity contribution is 7.80. The van der Waals surface area contributed by atoms with Crippen LogP contribution in [0.2, 0.25) is 5.02 Å². The van der Waals surface area contributed by atoms with Crippen LogP contribution in [-0.4, -0.2) is 16.9 Å². The van der Waals surface area contributed by atoms with Crippen LogP contribution in [0.25, 0.3) is 0 Å². The van der Waals surface area contributed by atoms with Gasteiger partial charge in [0.15, 0.2) is 5.11 Å². The smallest absolute Gasteiger partial charge is 0.238 e. The zero-order valence-electron chi connectivity index (χ0n) is 16.9. The SMILES string of the molecule is CCC(=O)Nc1ccc(Cl)c(NC(=S)NC(=O)C(c2ccccc2)c2ccccc2)c1. The van der Waals surface area contributed by atoms with E-state index in [0.29, 0.717) is 22.8 Å². The Balaban J connectivity index is 1.76. The van der Waals surface area contributed by atoms with Crippen molar-refractivity contribution in [2.75, 3.05) is 10.6 Å². The van der Waals surface area contributed by atoms with Gasteiger partial charge in [0.05, 0.1) is 16.6 Å². The van der Waals surface area contributed by atoms with Gasteiger partial charge in [-0.25, -0.2) is 0 Å². The van der Waals surface area contributed by atoms with Crippen molar-refractivity contribution in [2.24, 2.45) is 0 Å². The summed E-state index contributed by atoms with van der Waals surface area (Å²) in [6.45, 7) is 1.77. The second kappa shape index (κ2) is 10.7. The maximum absolute atomic E-state index is 13.2. The summed E-state index contributed by atoms with van der Waals surface area (Å²) >= 11 is 11.6. The lowest BCUT2D eigenvalue weighted by Crippen LogP contribution is -2.38. The van der Waals surface area contributed by atoms with Crippen molar-refractivity contribution in [3.05, 3.63) is 95.0 Å². The zero-order valence-corrected chi connectivity index (χ0v) is 18.5. The highest BCUT2D eigenvalue weighted by Gasteiger charge is 2.23. The molecule has 0 aliphatic rings. The summed E-state index contributed by atoms with van der Waals surface area (Å²) in [4.78, 5) is 24.8. The van der Waals surface area contributed by atoms with Gasteiger partial charge in [-0.2, -0.15) is 0 Å². The van der Waals surface area contributed by atoms with Gasteiger partial charge >= 0.3 is 0 Å². The minimum absolute atomic E-state index is 0.113. The first kappa shape index (κ1) is 22.5. The van der Waals surface area contributed by atoms with Crippen molar-refractivity contribution in [1.29, 1.82) is 0 Å². The van der Waals surface area contributed by atoms with Crippen LogP contribution in [0, 0.1) is 0 Å². The van der Waals surface area contributed by atoms with Gasteiger partial charge in [-0.05, 0) is 41.5 Å². The molecule has 0 unspecified atom stereocenters. The molecule has 0 spiro atoms. The first-order valence-electron chi connectivity index (χ1n) is 9.79. The van der Waals surface area contributed by atoms with E-state index in [1.165, 1.54) is 0 Å². The van der Waals surface area contributed by atoms with Crippen LogP contribution in [0.5, 0.6) is 0 Å². The number of nitrogens with one attached hydrogen (secondary N) is 3. The fourth-order valence-corrected chi connectivity index (χ4v) is 3.45. The number of thiocarbonyl (C=S) groups is 1. The van der Waals surface area contributed by atoms with Crippen LogP contribution in [0.4, 0.5) is 11.4 Å². The first-order chi connectivity index (χ1) is 15.0. The molecule has 0 saturated heterocycles. The maximum atomic E-state index is 13.2. The van der Waals surface area contributed by atoms with E-state index in [-0.39, 0.29) is 16.9 Å². The fourth-order valence-electron chi connectivity index (χ4n) is 3.07. The Morgan fingerprint density at radius 1 is 0.903 bits per heavy atom. The Bertz CT molecular complexity index is 1040. The van der Waals surface area contributed by atoms with Crippen LogP contribution in [0.1, 0.15) is 30.4 Å². The Kier molecular flexibility index (Phi) is 7.76. The van der Waals surface area contributed by atoms with E-state index in [0.717, 1.165) is 11.1 Å². The molecule has 0 saturated carbocycles. The molecule has 2 amide bonds. The molecule has 0 aromatic heterocycles. The summed E-state index contributed by atoms with van der Waals surface area (Å²) in [5.74, 6) is -0.896. The number of halogens is 1. The van der Waals surface area contributed by atoms with Gasteiger partial charge in [-0.1, -0.05) is 79.2 Å². The molecule has 3 N–H and O–H groups in total. The molecule has 0 aliphatic carbocycles. The number of carbonyl (C=O) groups excluding carboxylic acids is 2. The monoisotopic (exact) mass is 451 g/mol. The molecule has 0 bridgehead atoms. The molecule has 5 nitrogen and oxygen atoms in total. The number of carbonyl (C=O) groups is 2. The third-order valence-corrected chi connectivity index (χ3v) is 5.12. The van der Waals surface area contributed by atoms with Crippen molar-refractivity contribution >= 4 is 52.1 Å². The molecule has 3 aromatic rings. The molecule has 158 valence electrons. The predicted octanol–water partition coefficient (Wildman–Crippen LogP) is 5.33. The lowest BCUT2D eigenvalue weighted by Gasteiger charge is -2.19. The Labute approximate surface area is 191 Å². The molecular formula is C24H22ClN3O2S. The highest BCUT2D eigenvalue weighted by atomic mass is 35.5. The molecule has 7 heteroatoms. The van der Waals surface area contributed by atoms with Gasteiger partial charge in [-0.3, -0.25) is 9.59 Å². The standard InChI is InChI=1S/C24H22ClN3O2S/c1-2-21(29)26-18-13-14-19(25)20(15-18)27-24(31)28-23(30)22(16-9-5-3-6-10-16)17-11-7-4-8-12-17/h3-15,22H,2H2,1H3,(H,26,29)(H2,27,28,30,31). The average molecular weight is 452 g/mol. The second-order valence-corrected chi connectivity index (χ2v) is 7.61. The van der Waals surface area contributed by atoms with Gasteiger partial charge < -0.3 is 16.0 Å². The van der Waals surface area contributed by atoms with E-state index in [1.54, 1.807) is 25.1 Å². The topological polar surface area (TPSA) is 70.2 Å². The molecule has 0 aliphatic heterocycles. The summed E-state index contributed by atoms with van der Waals surface area (Å²) in [6, 6.07) is 24.0. The Morgan fingerprint density at radius 2 is 1.48 bits per heavy atom. The highest BCUT2D eigenvalue weighted by Crippen LogP contribution is 2.27. The van der Waals surface area contributed by atoms with Crippen LogP contribution < -0.4 is 16.0 Å². The lowest BCUT2D eigenvalue weighted by molar-refractivity contribution is -0.120. The van der Waals surface area contributed by atoms with Crippen LogP contribution in [-0.2, 0) is 9.59 Å². The fraction of sp³-hybridized carbons (Fsp3) is 0.125. The lowest BCUT2D eigenvalue weighted by atomic mass is 9.90. The largest absolute Gasteiger partial charge is 0.331 e. The number of anilines is 2. The van der Waals surface area contributed by atoms with E-state index in [9.17, 15) is 9.59 Å². The Morgan fingerprint density at radius 3 is 2.03 bits per heavy atom. The molecular weight excluding hydrogens is 430 g/mol. The van der Waals surface area contributed by atoms with Gasteiger partial charge in [0.1, 0.15) is 0 Å².